The van der Waals surface area contributed by atoms with Crippen LogP contribution in [0.5, 0.6) is 5.75 Å². The van der Waals surface area contributed by atoms with Crippen LogP contribution in [0.4, 0.5) is 27.9 Å². The number of aryl methyl sites for hydroxylation is 1. The third-order valence-corrected chi connectivity index (χ3v) is 9.66. The average Bonchev–Trinajstić information content (AvgIpc) is 3.84. The van der Waals surface area contributed by atoms with Gasteiger partial charge < -0.3 is 25.2 Å². The highest BCUT2D eigenvalue weighted by molar-refractivity contribution is 6.07. The Morgan fingerprint density at radius 3 is 2.38 bits per heavy atom. The van der Waals surface area contributed by atoms with Gasteiger partial charge in [0.2, 0.25) is 0 Å². The second-order valence-electron chi connectivity index (χ2n) is 15.1. The van der Waals surface area contributed by atoms with Crippen LogP contribution in [0.1, 0.15) is 54.5 Å². The number of anilines is 4. The second kappa shape index (κ2) is 15.6. The zero-order chi connectivity index (χ0) is 38.7. The van der Waals surface area contributed by atoms with E-state index in [1.54, 1.807) is 17.1 Å². The van der Waals surface area contributed by atoms with Crippen LogP contribution in [-0.4, -0.2) is 79.7 Å². The van der Waals surface area contributed by atoms with Gasteiger partial charge in [-0.15, -0.1) is 0 Å². The van der Waals surface area contributed by atoms with Crippen molar-refractivity contribution in [2.45, 2.75) is 52.2 Å². The molecule has 1 aliphatic rings. The molecule has 3 aromatic heterocycles. The van der Waals surface area contributed by atoms with Crippen LogP contribution in [0.3, 0.4) is 0 Å². The molecule has 1 aliphatic heterocycles. The quantitative estimate of drug-likeness (QED) is 0.130. The SMILES string of the molecule is Cc1ccc(-n2nc(C(C)(C)C)cc2NC(=O)Nc2ccc(OCc3ccnc(Nc4cnc(C(=O)N5CC[C@@H](N(C)C)C5)cn4)c3)c3ccccc23)cc1. The summed E-state index contributed by atoms with van der Waals surface area (Å²) < 4.78 is 8.08. The van der Waals surface area contributed by atoms with Gasteiger partial charge in [0.05, 0.1) is 29.5 Å². The number of hydrogen-bond acceptors (Lipinski definition) is 9. The monoisotopic (exact) mass is 738 g/mol. The minimum Gasteiger partial charge on any atom is -0.488 e. The summed E-state index contributed by atoms with van der Waals surface area (Å²) in [6.07, 6.45) is 5.68. The maximum absolute atomic E-state index is 13.5. The molecule has 13 nitrogen and oxygen atoms in total. The molecule has 55 heavy (non-hydrogen) atoms. The van der Waals surface area contributed by atoms with Gasteiger partial charge >= 0.3 is 6.03 Å². The summed E-state index contributed by atoms with van der Waals surface area (Å²) in [5.74, 6) is 2.16. The maximum atomic E-state index is 13.5. The molecule has 282 valence electrons. The molecule has 0 bridgehead atoms. The third kappa shape index (κ3) is 8.57. The maximum Gasteiger partial charge on any atom is 0.324 e. The highest BCUT2D eigenvalue weighted by Crippen LogP contribution is 2.33. The summed E-state index contributed by atoms with van der Waals surface area (Å²) in [5.41, 5.74) is 4.48. The molecule has 0 saturated carbocycles. The molecule has 0 aliphatic carbocycles. The Hall–Kier alpha value is -6.34. The van der Waals surface area contributed by atoms with Crippen molar-refractivity contribution < 1.29 is 14.3 Å². The van der Waals surface area contributed by atoms with Crippen molar-refractivity contribution >= 4 is 45.9 Å². The fourth-order valence-corrected chi connectivity index (χ4v) is 6.43. The molecule has 13 heteroatoms. The number of fused-ring (bicyclic) bond motifs is 1. The van der Waals surface area contributed by atoms with Gasteiger partial charge in [-0.1, -0.05) is 62.7 Å². The first-order valence-corrected chi connectivity index (χ1v) is 18.3. The number of likely N-dealkylation sites (N-methyl/N-ethyl adjacent to an activating group) is 1. The van der Waals surface area contributed by atoms with Crippen molar-refractivity contribution in [3.05, 3.63) is 120 Å². The van der Waals surface area contributed by atoms with E-state index in [1.807, 2.05) is 105 Å². The van der Waals surface area contributed by atoms with E-state index in [1.165, 1.54) is 6.20 Å². The molecular weight excluding hydrogens is 693 g/mol. The number of benzene rings is 3. The number of ether oxygens (including phenoxy) is 1. The lowest BCUT2D eigenvalue weighted by Gasteiger charge is -2.20. The molecule has 0 unspecified atom stereocenters. The number of nitrogens with zero attached hydrogens (tertiary/aromatic N) is 7. The van der Waals surface area contributed by atoms with E-state index in [2.05, 4.69) is 56.6 Å². The van der Waals surface area contributed by atoms with Crippen LogP contribution in [0.25, 0.3) is 16.5 Å². The van der Waals surface area contributed by atoms with Gasteiger partial charge in [0.25, 0.3) is 5.91 Å². The Labute approximate surface area is 320 Å². The number of likely N-dealkylation sites (tertiary alicyclic amines) is 1. The first kappa shape index (κ1) is 37.0. The van der Waals surface area contributed by atoms with Gasteiger partial charge in [-0.2, -0.15) is 5.10 Å². The van der Waals surface area contributed by atoms with Crippen LogP contribution in [-0.2, 0) is 12.0 Å². The molecule has 0 radical (unpaired) electrons. The summed E-state index contributed by atoms with van der Waals surface area (Å²) in [5, 5.41) is 15.7. The first-order chi connectivity index (χ1) is 26.4. The number of carbonyl (C=O) groups excluding carboxylic acids is 2. The largest absolute Gasteiger partial charge is 0.488 e. The normalized spacial score (nSPS) is 14.3. The number of nitrogens with one attached hydrogen (secondary N) is 3. The van der Waals surface area contributed by atoms with Crippen LogP contribution < -0.4 is 20.7 Å². The van der Waals surface area contributed by atoms with Gasteiger partial charge in [-0.05, 0) is 69.4 Å². The second-order valence-corrected chi connectivity index (χ2v) is 15.1. The summed E-state index contributed by atoms with van der Waals surface area (Å²) in [7, 11) is 4.06. The van der Waals surface area contributed by atoms with Crippen LogP contribution in [0.2, 0.25) is 0 Å². The lowest BCUT2D eigenvalue weighted by Crippen LogP contribution is -2.34. The van der Waals surface area contributed by atoms with E-state index in [0.29, 0.717) is 53.7 Å². The molecule has 3 N–H and O–H groups in total. The third-order valence-electron chi connectivity index (χ3n) is 9.66. The number of carbonyl (C=O) groups is 2. The van der Waals surface area contributed by atoms with Crippen molar-refractivity contribution in [3.63, 3.8) is 0 Å². The molecule has 4 heterocycles. The Bertz CT molecular complexity index is 2310. The van der Waals surface area contributed by atoms with E-state index in [4.69, 9.17) is 9.84 Å². The molecule has 3 aromatic carbocycles. The Balaban J connectivity index is 1.00. The van der Waals surface area contributed by atoms with Crippen molar-refractivity contribution in [3.8, 4) is 11.4 Å². The standard InChI is InChI=1S/C42H46N10O3/c1-27-11-13-29(14-12-27)52-39(22-36(49-52)42(2,3)4)48-41(54)46-33-15-16-35(32-10-8-7-9-31(32)33)55-26-28-17-19-43-37(21-28)47-38-24-44-34(23-45-38)40(53)51-20-18-30(25-51)50(5)6/h7-17,19,21-24,30H,18,20,25-26H2,1-6H3,(H,43,45,47)(H2,46,48,54)/t30-/m1/s1. The minimum atomic E-state index is -0.389. The summed E-state index contributed by atoms with van der Waals surface area (Å²) >= 11 is 0. The van der Waals surface area contributed by atoms with Crippen molar-refractivity contribution in [2.24, 2.45) is 0 Å². The van der Waals surface area contributed by atoms with E-state index in [9.17, 15) is 9.59 Å². The molecular formula is C42H46N10O3. The van der Waals surface area contributed by atoms with E-state index >= 15 is 0 Å². The number of hydrogen-bond donors (Lipinski definition) is 3. The van der Waals surface area contributed by atoms with Crippen LogP contribution in [0, 0.1) is 6.92 Å². The van der Waals surface area contributed by atoms with Gasteiger partial charge in [-0.25, -0.2) is 24.4 Å². The number of pyridine rings is 1. The molecule has 1 atom stereocenters. The zero-order valence-corrected chi connectivity index (χ0v) is 32.0. The molecule has 6 aromatic rings. The van der Waals surface area contributed by atoms with E-state index in [0.717, 1.165) is 39.7 Å². The van der Waals surface area contributed by atoms with E-state index in [-0.39, 0.29) is 24.0 Å². The Morgan fingerprint density at radius 2 is 1.67 bits per heavy atom. The fraction of sp³-hybridized carbons (Fsp3) is 0.286. The van der Waals surface area contributed by atoms with Crippen LogP contribution in [0.15, 0.2) is 97.5 Å². The number of rotatable bonds is 10. The minimum absolute atomic E-state index is 0.114. The van der Waals surface area contributed by atoms with E-state index < -0.39 is 0 Å². The van der Waals surface area contributed by atoms with Gasteiger partial charge in [0.15, 0.2) is 0 Å². The lowest BCUT2D eigenvalue weighted by molar-refractivity contribution is 0.0777. The molecule has 3 amide bonds. The molecule has 1 fully saturated rings. The number of urea groups is 1. The number of amides is 3. The van der Waals surface area contributed by atoms with Crippen LogP contribution >= 0.6 is 0 Å². The van der Waals surface area contributed by atoms with Gasteiger partial charge in [0.1, 0.15) is 35.5 Å². The van der Waals surface area contributed by atoms with Crippen molar-refractivity contribution in [1.29, 1.82) is 0 Å². The molecule has 1 saturated heterocycles. The first-order valence-electron chi connectivity index (χ1n) is 18.3. The lowest BCUT2D eigenvalue weighted by atomic mass is 9.92. The molecule has 0 spiro atoms. The highest BCUT2D eigenvalue weighted by Gasteiger charge is 2.29. The van der Waals surface area contributed by atoms with Crippen molar-refractivity contribution in [1.82, 2.24) is 34.5 Å². The topological polar surface area (TPSA) is 142 Å². The fourth-order valence-electron chi connectivity index (χ4n) is 6.43. The Kier molecular flexibility index (Phi) is 10.5. The summed E-state index contributed by atoms with van der Waals surface area (Å²) in [6, 6.07) is 25.1. The van der Waals surface area contributed by atoms with Crippen molar-refractivity contribution in [2.75, 3.05) is 43.1 Å². The average molecular weight is 739 g/mol. The smallest absolute Gasteiger partial charge is 0.324 e. The van der Waals surface area contributed by atoms with Gasteiger partial charge in [-0.3, -0.25) is 10.1 Å². The number of aromatic nitrogens is 5. The predicted octanol–water partition coefficient (Wildman–Crippen LogP) is 7.56. The molecule has 7 rings (SSSR count). The van der Waals surface area contributed by atoms with Gasteiger partial charge in [0, 0.05) is 47.6 Å². The predicted molar refractivity (Wildman–Crippen MR) is 215 cm³/mol. The summed E-state index contributed by atoms with van der Waals surface area (Å²) in [4.78, 5) is 43.6. The Morgan fingerprint density at radius 1 is 0.891 bits per heavy atom. The highest BCUT2D eigenvalue weighted by atomic mass is 16.5. The zero-order valence-electron chi connectivity index (χ0n) is 32.0. The summed E-state index contributed by atoms with van der Waals surface area (Å²) in [6.45, 7) is 9.97.